The lowest BCUT2D eigenvalue weighted by Crippen LogP contribution is -2.30. The fraction of sp³-hybridized carbons (Fsp3) is 0.250. The lowest BCUT2D eigenvalue weighted by Gasteiger charge is -2.19. The van der Waals surface area contributed by atoms with Crippen molar-refractivity contribution in [2.45, 2.75) is 25.7 Å². The van der Waals surface area contributed by atoms with Crippen molar-refractivity contribution in [3.05, 3.63) is 66.4 Å². The number of fused-ring (bicyclic) bond motifs is 2. The summed E-state index contributed by atoms with van der Waals surface area (Å²) in [5.41, 5.74) is 1.45. The van der Waals surface area contributed by atoms with E-state index in [4.69, 9.17) is 4.74 Å². The van der Waals surface area contributed by atoms with Crippen LogP contribution in [-0.2, 0) is 9.59 Å². The van der Waals surface area contributed by atoms with Gasteiger partial charge >= 0.3 is 5.97 Å². The maximum atomic E-state index is 12.7. The van der Waals surface area contributed by atoms with E-state index in [9.17, 15) is 14.4 Å². The molecule has 30 heavy (non-hydrogen) atoms. The van der Waals surface area contributed by atoms with Gasteiger partial charge in [0.25, 0.3) is 0 Å². The Morgan fingerprint density at radius 1 is 0.900 bits per heavy atom. The van der Waals surface area contributed by atoms with E-state index in [1.165, 1.54) is 4.90 Å². The van der Waals surface area contributed by atoms with Crippen LogP contribution in [0.15, 0.2) is 60.8 Å². The molecule has 150 valence electrons. The summed E-state index contributed by atoms with van der Waals surface area (Å²) in [7, 11) is 0. The second kappa shape index (κ2) is 7.37. The topological polar surface area (TPSA) is 76.6 Å². The highest BCUT2D eigenvalue weighted by molar-refractivity contribution is 6.22. The first-order valence-corrected chi connectivity index (χ1v) is 10.2. The Hall–Kier alpha value is -3.54. The first kappa shape index (κ1) is 18.5. The van der Waals surface area contributed by atoms with Crippen molar-refractivity contribution in [1.29, 1.82) is 0 Å². The molecule has 2 heterocycles. The minimum atomic E-state index is -0.521. The highest BCUT2D eigenvalue weighted by Gasteiger charge is 2.48. The third-order valence-corrected chi connectivity index (χ3v) is 6.00. The van der Waals surface area contributed by atoms with Gasteiger partial charge in [0.05, 0.1) is 23.1 Å². The number of benzene rings is 2. The van der Waals surface area contributed by atoms with E-state index in [1.807, 2.05) is 18.2 Å². The molecule has 1 aliphatic carbocycles. The molecule has 5 rings (SSSR count). The Bertz CT molecular complexity index is 1130. The van der Waals surface area contributed by atoms with Gasteiger partial charge in [-0.05, 0) is 49.2 Å². The number of aromatic nitrogens is 1. The summed E-state index contributed by atoms with van der Waals surface area (Å²) in [4.78, 5) is 43.7. The van der Waals surface area contributed by atoms with Gasteiger partial charge in [-0.3, -0.25) is 19.5 Å². The standard InChI is InChI=1S/C24H20N2O4/c27-22-18-7-1-2-8-19(18)23(28)26(22)17-12-10-16(11-13-17)24(29)30-20-9-3-5-15-6-4-14-25-21(15)20/h3-6,9-14,18-19H,1-2,7-8H2. The summed E-state index contributed by atoms with van der Waals surface area (Å²) in [6, 6.07) is 15.5. The zero-order valence-electron chi connectivity index (χ0n) is 16.3. The number of nitrogens with zero attached hydrogens (tertiary/aromatic N) is 2. The summed E-state index contributed by atoms with van der Waals surface area (Å²) in [6.07, 6.45) is 5.17. The predicted octanol–water partition coefficient (Wildman–Crippen LogP) is 4.13. The van der Waals surface area contributed by atoms with Crippen molar-refractivity contribution in [3.8, 4) is 5.75 Å². The highest BCUT2D eigenvalue weighted by Crippen LogP contribution is 2.40. The average molecular weight is 400 g/mol. The number of esters is 1. The maximum absolute atomic E-state index is 12.7. The summed E-state index contributed by atoms with van der Waals surface area (Å²) >= 11 is 0. The summed E-state index contributed by atoms with van der Waals surface area (Å²) in [6.45, 7) is 0. The molecule has 1 saturated heterocycles. The molecule has 1 aliphatic heterocycles. The van der Waals surface area contributed by atoms with Gasteiger partial charge in [-0.2, -0.15) is 0 Å². The minimum absolute atomic E-state index is 0.123. The number of hydrogen-bond donors (Lipinski definition) is 0. The van der Waals surface area contributed by atoms with E-state index in [0.29, 0.717) is 22.5 Å². The number of carbonyl (C=O) groups excluding carboxylic acids is 3. The smallest absolute Gasteiger partial charge is 0.343 e. The van der Waals surface area contributed by atoms with Crippen LogP contribution in [0.25, 0.3) is 10.9 Å². The van der Waals surface area contributed by atoms with Crippen molar-refractivity contribution in [2.24, 2.45) is 11.8 Å². The number of amides is 2. The first-order valence-electron chi connectivity index (χ1n) is 10.2. The number of carbonyl (C=O) groups is 3. The molecule has 6 nitrogen and oxygen atoms in total. The molecule has 3 aromatic rings. The molecular weight excluding hydrogens is 380 g/mol. The van der Waals surface area contributed by atoms with E-state index in [0.717, 1.165) is 31.1 Å². The Morgan fingerprint density at radius 2 is 1.57 bits per heavy atom. The van der Waals surface area contributed by atoms with Crippen LogP contribution in [0.5, 0.6) is 5.75 Å². The van der Waals surface area contributed by atoms with Gasteiger partial charge in [-0.1, -0.05) is 31.0 Å². The number of anilines is 1. The van der Waals surface area contributed by atoms with E-state index in [2.05, 4.69) is 4.98 Å². The van der Waals surface area contributed by atoms with Crippen LogP contribution in [0.2, 0.25) is 0 Å². The van der Waals surface area contributed by atoms with Gasteiger partial charge in [-0.15, -0.1) is 0 Å². The second-order valence-electron chi connectivity index (χ2n) is 7.78. The van der Waals surface area contributed by atoms with Crippen LogP contribution in [-0.4, -0.2) is 22.8 Å². The molecule has 0 bridgehead atoms. The lowest BCUT2D eigenvalue weighted by molar-refractivity contribution is -0.122. The van der Waals surface area contributed by atoms with Crippen molar-refractivity contribution < 1.29 is 19.1 Å². The summed E-state index contributed by atoms with van der Waals surface area (Å²) < 4.78 is 5.55. The normalized spacial score (nSPS) is 21.0. The van der Waals surface area contributed by atoms with Gasteiger partial charge in [-0.25, -0.2) is 4.79 Å². The summed E-state index contributed by atoms with van der Waals surface area (Å²) in [5, 5.41) is 0.880. The molecule has 2 aromatic carbocycles. The quantitative estimate of drug-likeness (QED) is 0.375. The highest BCUT2D eigenvalue weighted by atomic mass is 16.5. The predicted molar refractivity (Wildman–Crippen MR) is 111 cm³/mol. The number of hydrogen-bond acceptors (Lipinski definition) is 5. The van der Waals surface area contributed by atoms with Crippen LogP contribution in [0.3, 0.4) is 0 Å². The number of pyridine rings is 1. The Morgan fingerprint density at radius 3 is 2.27 bits per heavy atom. The summed E-state index contributed by atoms with van der Waals surface area (Å²) in [5.74, 6) is -0.781. The van der Waals surface area contributed by atoms with Crippen molar-refractivity contribution in [2.75, 3.05) is 4.90 Å². The van der Waals surface area contributed by atoms with Gasteiger partial charge < -0.3 is 4.74 Å². The molecule has 0 spiro atoms. The third-order valence-electron chi connectivity index (χ3n) is 6.00. The fourth-order valence-electron chi connectivity index (χ4n) is 4.48. The largest absolute Gasteiger partial charge is 0.421 e. The second-order valence-corrected chi connectivity index (χ2v) is 7.78. The Labute approximate surface area is 173 Å². The molecule has 0 N–H and O–H groups in total. The van der Waals surface area contributed by atoms with Crippen LogP contribution >= 0.6 is 0 Å². The average Bonchev–Trinajstić information content (AvgIpc) is 3.04. The molecular formula is C24H20N2O4. The maximum Gasteiger partial charge on any atom is 0.343 e. The lowest BCUT2D eigenvalue weighted by atomic mass is 9.81. The number of rotatable bonds is 3. The van der Waals surface area contributed by atoms with E-state index < -0.39 is 5.97 Å². The Kier molecular flexibility index (Phi) is 4.54. The molecule has 2 unspecified atom stereocenters. The molecule has 2 aliphatic rings. The number of para-hydroxylation sites is 1. The van der Waals surface area contributed by atoms with Gasteiger partial charge in [0.15, 0.2) is 5.75 Å². The zero-order valence-corrected chi connectivity index (χ0v) is 16.3. The van der Waals surface area contributed by atoms with Gasteiger partial charge in [0, 0.05) is 11.6 Å². The first-order chi connectivity index (χ1) is 14.6. The molecule has 1 saturated carbocycles. The SMILES string of the molecule is O=C(Oc1cccc2cccnc12)c1ccc(N2C(=O)C3CCCCC3C2=O)cc1. The number of imide groups is 1. The molecule has 2 amide bonds. The van der Waals surface area contributed by atoms with Crippen molar-refractivity contribution in [1.82, 2.24) is 4.98 Å². The van der Waals surface area contributed by atoms with Crippen molar-refractivity contribution in [3.63, 3.8) is 0 Å². The fourth-order valence-corrected chi connectivity index (χ4v) is 4.48. The van der Waals surface area contributed by atoms with E-state index >= 15 is 0 Å². The molecule has 1 aromatic heterocycles. The molecule has 2 atom stereocenters. The van der Waals surface area contributed by atoms with Gasteiger partial charge in [0.1, 0.15) is 5.52 Å². The Balaban J connectivity index is 1.36. The molecule has 2 fully saturated rings. The molecule has 0 radical (unpaired) electrons. The molecule has 6 heteroatoms. The van der Waals surface area contributed by atoms with Crippen LogP contribution < -0.4 is 9.64 Å². The monoisotopic (exact) mass is 400 g/mol. The van der Waals surface area contributed by atoms with E-state index in [1.54, 1.807) is 42.6 Å². The zero-order chi connectivity index (χ0) is 20.7. The number of ether oxygens (including phenoxy) is 1. The minimum Gasteiger partial charge on any atom is -0.421 e. The van der Waals surface area contributed by atoms with Gasteiger partial charge in [0.2, 0.25) is 11.8 Å². The van der Waals surface area contributed by atoms with Crippen molar-refractivity contribution >= 4 is 34.4 Å². The van der Waals surface area contributed by atoms with Crippen LogP contribution in [0, 0.1) is 11.8 Å². The van der Waals surface area contributed by atoms with Crippen LogP contribution in [0.4, 0.5) is 5.69 Å². The van der Waals surface area contributed by atoms with Crippen LogP contribution in [0.1, 0.15) is 36.0 Å². The third kappa shape index (κ3) is 3.05. The van der Waals surface area contributed by atoms with E-state index in [-0.39, 0.29) is 23.7 Å².